The second-order valence-corrected chi connectivity index (χ2v) is 9.11. The number of Topliss-reactive ketones (excluding diaryl/α,β-unsaturated/α-hetero) is 1. The van der Waals surface area contributed by atoms with Gasteiger partial charge in [-0.1, -0.05) is 13.0 Å². The number of ketones is 1. The average Bonchev–Trinajstić information content (AvgIpc) is 3.37. The maximum absolute atomic E-state index is 12.8. The Labute approximate surface area is 222 Å². The molecule has 0 bridgehead atoms. The molecule has 0 aliphatic rings. The van der Waals surface area contributed by atoms with Gasteiger partial charge in [0.05, 0.1) is 35.3 Å². The number of carbonyl (C=O) groups excluding carboxylic acids is 1. The van der Waals surface area contributed by atoms with Gasteiger partial charge in [0.15, 0.2) is 23.2 Å². The lowest BCUT2D eigenvalue weighted by molar-refractivity contribution is 0.0988. The molecule has 0 spiro atoms. The fourth-order valence-corrected chi connectivity index (χ4v) is 3.90. The first kappa shape index (κ1) is 26.7. The summed E-state index contributed by atoms with van der Waals surface area (Å²) in [5, 5.41) is 16.5. The minimum absolute atomic E-state index is 0.0271. The summed E-state index contributed by atoms with van der Waals surface area (Å²) in [6.45, 7) is 2.72. The first-order chi connectivity index (χ1) is 18.3. The highest BCUT2D eigenvalue weighted by Gasteiger charge is 2.19. The molecule has 0 aliphatic heterocycles. The molecule has 38 heavy (non-hydrogen) atoms. The zero-order valence-corrected chi connectivity index (χ0v) is 22.6. The predicted molar refractivity (Wildman–Crippen MR) is 147 cm³/mol. The van der Waals surface area contributed by atoms with Crippen LogP contribution in [0.25, 0.3) is 11.4 Å². The monoisotopic (exact) mass is 515 g/mol. The summed E-state index contributed by atoms with van der Waals surface area (Å²) in [5.41, 5.74) is 3.42. The summed E-state index contributed by atoms with van der Waals surface area (Å²) in [4.78, 5) is 25.6. The van der Waals surface area contributed by atoms with Gasteiger partial charge < -0.3 is 19.9 Å². The van der Waals surface area contributed by atoms with Crippen LogP contribution in [0.4, 0.5) is 23.0 Å². The molecule has 3 aromatic heterocycles. The number of aromatic nitrogens is 6. The van der Waals surface area contributed by atoms with Crippen molar-refractivity contribution in [2.45, 2.75) is 19.8 Å². The van der Waals surface area contributed by atoms with E-state index in [1.165, 1.54) is 0 Å². The van der Waals surface area contributed by atoms with Crippen LogP contribution in [0, 0.1) is 0 Å². The lowest BCUT2D eigenvalue weighted by atomic mass is 10.1. The maximum atomic E-state index is 12.8. The average molecular weight is 516 g/mol. The van der Waals surface area contributed by atoms with E-state index in [-0.39, 0.29) is 5.78 Å². The highest BCUT2D eigenvalue weighted by atomic mass is 16.5. The Bertz CT molecular complexity index is 1400. The Morgan fingerprint density at radius 1 is 1.05 bits per heavy atom. The number of hydrogen-bond donors (Lipinski definition) is 1. The number of para-hydroxylation sites is 1. The molecule has 3 heterocycles. The zero-order chi connectivity index (χ0) is 27.2. The fourth-order valence-electron chi connectivity index (χ4n) is 3.90. The van der Waals surface area contributed by atoms with Crippen LogP contribution < -0.4 is 15.0 Å². The van der Waals surface area contributed by atoms with E-state index in [1.807, 2.05) is 76.4 Å². The molecule has 0 unspecified atom stereocenters. The van der Waals surface area contributed by atoms with Crippen LogP contribution in [0.1, 0.15) is 29.4 Å². The minimum Gasteiger partial charge on any atom is -0.494 e. The summed E-state index contributed by atoms with van der Waals surface area (Å²) in [7, 11) is 9.33. The Morgan fingerprint density at radius 2 is 1.87 bits per heavy atom. The van der Waals surface area contributed by atoms with E-state index in [0.29, 0.717) is 46.6 Å². The van der Waals surface area contributed by atoms with Gasteiger partial charge in [-0.25, -0.2) is 9.97 Å². The lowest BCUT2D eigenvalue weighted by Gasteiger charge is -2.20. The SMILES string of the molecule is CCC(=O)c1cnc(N(C)c2ccc(CCN(C)C)nn2)cc1Nc1cccc(-c2ncn(C)n2)c1OC. The van der Waals surface area contributed by atoms with Crippen LogP contribution >= 0.6 is 0 Å². The van der Waals surface area contributed by atoms with Crippen LogP contribution in [0.15, 0.2) is 48.9 Å². The normalized spacial score (nSPS) is 11.0. The van der Waals surface area contributed by atoms with E-state index in [2.05, 4.69) is 35.5 Å². The summed E-state index contributed by atoms with van der Waals surface area (Å²) in [6.07, 6.45) is 4.39. The van der Waals surface area contributed by atoms with E-state index >= 15 is 0 Å². The van der Waals surface area contributed by atoms with E-state index < -0.39 is 0 Å². The van der Waals surface area contributed by atoms with Crippen molar-refractivity contribution in [1.82, 2.24) is 34.8 Å². The smallest absolute Gasteiger partial charge is 0.184 e. The van der Waals surface area contributed by atoms with Crippen LogP contribution in [-0.2, 0) is 13.5 Å². The molecule has 11 nitrogen and oxygen atoms in total. The van der Waals surface area contributed by atoms with Crippen molar-refractivity contribution in [2.24, 2.45) is 7.05 Å². The van der Waals surface area contributed by atoms with Crippen molar-refractivity contribution in [2.75, 3.05) is 45.0 Å². The molecule has 1 N–H and O–H groups in total. The number of carbonyl (C=O) groups is 1. The third kappa shape index (κ3) is 5.94. The number of methoxy groups -OCH3 is 1. The summed E-state index contributed by atoms with van der Waals surface area (Å²) < 4.78 is 7.38. The number of benzene rings is 1. The lowest BCUT2D eigenvalue weighted by Crippen LogP contribution is -2.17. The molecule has 0 aliphatic carbocycles. The highest BCUT2D eigenvalue weighted by Crippen LogP contribution is 2.38. The molecular weight excluding hydrogens is 482 g/mol. The molecule has 1 aromatic carbocycles. The fraction of sp³-hybridized carbons (Fsp3) is 0.333. The number of aryl methyl sites for hydroxylation is 1. The Balaban J connectivity index is 1.67. The molecule has 0 radical (unpaired) electrons. The number of nitrogens with zero attached hydrogens (tertiary/aromatic N) is 8. The second-order valence-electron chi connectivity index (χ2n) is 9.11. The summed E-state index contributed by atoms with van der Waals surface area (Å²) in [5.74, 6) is 2.34. The van der Waals surface area contributed by atoms with Crippen LogP contribution in [-0.4, -0.2) is 75.4 Å². The Morgan fingerprint density at radius 3 is 2.50 bits per heavy atom. The van der Waals surface area contributed by atoms with Crippen molar-refractivity contribution in [3.05, 3.63) is 60.2 Å². The second kappa shape index (κ2) is 11.8. The molecule has 0 saturated carbocycles. The number of likely N-dealkylation sites (N-methyl/N-ethyl adjacent to an activating group) is 1. The number of ether oxygens (including phenoxy) is 1. The molecule has 0 atom stereocenters. The van der Waals surface area contributed by atoms with Gasteiger partial charge in [-0.15, -0.1) is 5.10 Å². The largest absolute Gasteiger partial charge is 0.494 e. The van der Waals surface area contributed by atoms with E-state index in [4.69, 9.17) is 4.74 Å². The quantitative estimate of drug-likeness (QED) is 0.295. The van der Waals surface area contributed by atoms with Crippen LogP contribution in [0.3, 0.4) is 0 Å². The van der Waals surface area contributed by atoms with Crippen LogP contribution in [0.2, 0.25) is 0 Å². The number of pyridine rings is 1. The van der Waals surface area contributed by atoms with Crippen molar-refractivity contribution in [1.29, 1.82) is 0 Å². The topological polar surface area (TPSA) is 114 Å². The number of anilines is 4. The summed E-state index contributed by atoms with van der Waals surface area (Å²) in [6, 6.07) is 11.4. The van der Waals surface area contributed by atoms with Crippen molar-refractivity contribution < 1.29 is 9.53 Å². The number of nitrogens with one attached hydrogen (secondary N) is 1. The highest BCUT2D eigenvalue weighted by molar-refractivity contribution is 6.02. The van der Waals surface area contributed by atoms with Gasteiger partial charge >= 0.3 is 0 Å². The third-order valence-corrected chi connectivity index (χ3v) is 6.05. The predicted octanol–water partition coefficient (Wildman–Crippen LogP) is 3.88. The molecule has 198 valence electrons. The van der Waals surface area contributed by atoms with Gasteiger partial charge in [0, 0.05) is 45.7 Å². The first-order valence-electron chi connectivity index (χ1n) is 12.3. The van der Waals surface area contributed by atoms with Gasteiger partial charge in [0.1, 0.15) is 12.1 Å². The van der Waals surface area contributed by atoms with Crippen molar-refractivity contribution >= 4 is 28.8 Å². The molecule has 4 rings (SSSR count). The molecule has 0 saturated heterocycles. The van der Waals surface area contributed by atoms with Crippen LogP contribution in [0.5, 0.6) is 5.75 Å². The van der Waals surface area contributed by atoms with E-state index in [9.17, 15) is 4.79 Å². The third-order valence-electron chi connectivity index (χ3n) is 6.05. The Hall–Kier alpha value is -4.38. The van der Waals surface area contributed by atoms with Gasteiger partial charge in [-0.3, -0.25) is 9.48 Å². The standard InChI is InChI=1S/C27H33N9O2/c1-7-23(37)20-16-28-25(36(5)24-12-11-18(31-32-24)13-14-34(2)3)15-22(20)30-21-10-8-9-19(26(21)38-6)27-29-17-35(4)33-27/h8-12,15-17H,7,13-14H2,1-6H3,(H,28,30). The molecule has 0 fully saturated rings. The van der Waals surface area contributed by atoms with Gasteiger partial charge in [0.25, 0.3) is 0 Å². The van der Waals surface area contributed by atoms with Gasteiger partial charge in [-0.05, 0) is 38.4 Å². The molecule has 11 heteroatoms. The zero-order valence-electron chi connectivity index (χ0n) is 22.6. The molecular formula is C27H33N9O2. The van der Waals surface area contributed by atoms with Crippen molar-refractivity contribution in [3.8, 4) is 17.1 Å². The first-order valence-corrected chi connectivity index (χ1v) is 12.3. The summed E-state index contributed by atoms with van der Waals surface area (Å²) >= 11 is 0. The maximum Gasteiger partial charge on any atom is 0.184 e. The molecule has 0 amide bonds. The van der Waals surface area contributed by atoms with E-state index in [1.54, 1.807) is 24.3 Å². The number of hydrogen-bond acceptors (Lipinski definition) is 10. The molecule has 4 aromatic rings. The van der Waals surface area contributed by atoms with Crippen molar-refractivity contribution in [3.63, 3.8) is 0 Å². The van der Waals surface area contributed by atoms with Gasteiger partial charge in [-0.2, -0.15) is 10.2 Å². The Kier molecular flexibility index (Phi) is 8.27. The minimum atomic E-state index is -0.0271. The number of rotatable bonds is 11. The van der Waals surface area contributed by atoms with Gasteiger partial charge in [0.2, 0.25) is 0 Å². The van der Waals surface area contributed by atoms with E-state index in [0.717, 1.165) is 24.2 Å².